The first-order valence-electron chi connectivity index (χ1n) is 7.61. The lowest BCUT2D eigenvalue weighted by molar-refractivity contribution is -0.132. The first kappa shape index (κ1) is 20.6. The van der Waals surface area contributed by atoms with E-state index in [-0.39, 0.29) is 21.0 Å². The second kappa shape index (κ2) is 7.11. The van der Waals surface area contributed by atoms with E-state index in [4.69, 9.17) is 11.0 Å². The molecule has 2 rings (SSSR count). The lowest BCUT2D eigenvalue weighted by Crippen LogP contribution is -2.48. The zero-order valence-corrected chi connectivity index (χ0v) is 16.4. The van der Waals surface area contributed by atoms with Crippen molar-refractivity contribution in [2.45, 2.75) is 31.3 Å². The molecule has 142 valence electrons. The number of carbonyl (C=O) groups excluding carboxylic acids is 2. The molecule has 1 heterocycles. The first-order valence-corrected chi connectivity index (χ1v) is 9.92. The smallest absolute Gasteiger partial charge is 0.273 e. The molecule has 10 heteroatoms. The van der Waals surface area contributed by atoms with Crippen molar-refractivity contribution in [3.8, 4) is 6.07 Å². The molecule has 1 aromatic heterocycles. The minimum absolute atomic E-state index is 0.0885. The Balaban J connectivity index is 2.79. The SMILES string of the molecule is Cc1cc(C#N)cc(S(=O)(=O)N(C(=O)C(C)(C)O)c2sccc2C(N)=O)c1. The zero-order valence-electron chi connectivity index (χ0n) is 14.8. The van der Waals surface area contributed by atoms with Gasteiger partial charge in [0.2, 0.25) is 0 Å². The summed E-state index contributed by atoms with van der Waals surface area (Å²) in [5, 5.41) is 20.4. The predicted octanol–water partition coefficient (Wildman–Crippen LogP) is 1.52. The number of amides is 2. The monoisotopic (exact) mass is 407 g/mol. The number of rotatable bonds is 5. The van der Waals surface area contributed by atoms with Gasteiger partial charge in [0.15, 0.2) is 0 Å². The molecule has 27 heavy (non-hydrogen) atoms. The topological polar surface area (TPSA) is 142 Å². The fourth-order valence-electron chi connectivity index (χ4n) is 2.27. The molecule has 0 aliphatic heterocycles. The van der Waals surface area contributed by atoms with E-state index in [0.29, 0.717) is 9.87 Å². The summed E-state index contributed by atoms with van der Waals surface area (Å²) in [6.07, 6.45) is 0. The van der Waals surface area contributed by atoms with Crippen LogP contribution < -0.4 is 10.0 Å². The molecule has 0 saturated carbocycles. The van der Waals surface area contributed by atoms with E-state index < -0.39 is 27.4 Å². The van der Waals surface area contributed by atoms with Gasteiger partial charge in [-0.05, 0) is 56.0 Å². The molecule has 2 aromatic rings. The lowest BCUT2D eigenvalue weighted by Gasteiger charge is -2.27. The highest BCUT2D eigenvalue weighted by Crippen LogP contribution is 2.34. The number of benzene rings is 1. The van der Waals surface area contributed by atoms with Crippen LogP contribution in [0.25, 0.3) is 0 Å². The van der Waals surface area contributed by atoms with Crippen LogP contribution in [0.5, 0.6) is 0 Å². The number of nitrogens with two attached hydrogens (primary N) is 1. The number of hydrogen-bond acceptors (Lipinski definition) is 7. The van der Waals surface area contributed by atoms with Crippen molar-refractivity contribution in [2.75, 3.05) is 4.31 Å². The highest BCUT2D eigenvalue weighted by Gasteiger charge is 2.41. The van der Waals surface area contributed by atoms with Crippen molar-refractivity contribution in [3.63, 3.8) is 0 Å². The van der Waals surface area contributed by atoms with Crippen LogP contribution in [0.2, 0.25) is 0 Å². The molecule has 0 spiro atoms. The number of nitriles is 1. The number of carbonyl (C=O) groups is 2. The van der Waals surface area contributed by atoms with Crippen molar-refractivity contribution in [2.24, 2.45) is 5.73 Å². The van der Waals surface area contributed by atoms with Crippen molar-refractivity contribution in [3.05, 3.63) is 46.3 Å². The Morgan fingerprint density at radius 1 is 1.30 bits per heavy atom. The third kappa shape index (κ3) is 4.00. The first-order chi connectivity index (χ1) is 12.4. The van der Waals surface area contributed by atoms with Gasteiger partial charge in [-0.3, -0.25) is 9.59 Å². The van der Waals surface area contributed by atoms with E-state index in [0.717, 1.165) is 31.3 Å². The van der Waals surface area contributed by atoms with Crippen LogP contribution in [0.1, 0.15) is 35.3 Å². The van der Waals surface area contributed by atoms with E-state index >= 15 is 0 Å². The standard InChI is InChI=1S/C17H17N3O5S2/c1-10-6-11(9-18)8-12(7-10)27(24,25)20(16(22)17(2,3)23)15-13(14(19)21)4-5-26-15/h4-8,23H,1-3H3,(H2,19,21). The third-order valence-electron chi connectivity index (χ3n) is 3.52. The zero-order chi connectivity index (χ0) is 20.6. The van der Waals surface area contributed by atoms with E-state index in [2.05, 4.69) is 0 Å². The Labute approximate surface area is 160 Å². The van der Waals surface area contributed by atoms with Crippen LogP contribution in [0.15, 0.2) is 34.5 Å². The van der Waals surface area contributed by atoms with Crippen molar-refractivity contribution in [1.29, 1.82) is 5.26 Å². The summed E-state index contributed by atoms with van der Waals surface area (Å²) >= 11 is 0.815. The fourth-order valence-corrected chi connectivity index (χ4v) is 5.08. The maximum Gasteiger partial charge on any atom is 0.273 e. The number of hydrogen-bond donors (Lipinski definition) is 2. The Morgan fingerprint density at radius 3 is 2.44 bits per heavy atom. The average Bonchev–Trinajstić information content (AvgIpc) is 3.02. The van der Waals surface area contributed by atoms with Gasteiger partial charge in [0.1, 0.15) is 10.6 Å². The van der Waals surface area contributed by atoms with Crippen LogP contribution in [0.3, 0.4) is 0 Å². The van der Waals surface area contributed by atoms with Gasteiger partial charge in [-0.2, -0.15) is 9.57 Å². The Morgan fingerprint density at radius 2 is 1.93 bits per heavy atom. The summed E-state index contributed by atoms with van der Waals surface area (Å²) in [4.78, 5) is 24.1. The normalized spacial score (nSPS) is 11.7. The highest BCUT2D eigenvalue weighted by atomic mass is 32.2. The number of aryl methyl sites for hydroxylation is 1. The average molecular weight is 407 g/mol. The van der Waals surface area contributed by atoms with Gasteiger partial charge in [-0.25, -0.2) is 8.42 Å². The number of nitrogens with zero attached hydrogens (tertiary/aromatic N) is 2. The lowest BCUT2D eigenvalue weighted by atomic mass is 10.1. The molecule has 0 fully saturated rings. The largest absolute Gasteiger partial charge is 0.381 e. The quantitative estimate of drug-likeness (QED) is 0.769. The summed E-state index contributed by atoms with van der Waals surface area (Å²) in [7, 11) is -4.54. The molecule has 0 atom stereocenters. The summed E-state index contributed by atoms with van der Waals surface area (Å²) < 4.78 is 26.9. The minimum Gasteiger partial charge on any atom is -0.381 e. The number of aliphatic hydroxyl groups is 1. The molecule has 0 unspecified atom stereocenters. The van der Waals surface area contributed by atoms with Crippen LogP contribution in [0, 0.1) is 18.3 Å². The molecule has 0 aliphatic carbocycles. The van der Waals surface area contributed by atoms with Gasteiger partial charge in [0.05, 0.1) is 22.1 Å². The Hall–Kier alpha value is -2.74. The predicted molar refractivity (Wildman–Crippen MR) is 99.7 cm³/mol. The summed E-state index contributed by atoms with van der Waals surface area (Å²) in [6.45, 7) is 3.86. The van der Waals surface area contributed by atoms with E-state index in [9.17, 15) is 23.1 Å². The maximum absolute atomic E-state index is 13.3. The molecule has 0 saturated heterocycles. The molecule has 1 aromatic carbocycles. The maximum atomic E-state index is 13.3. The second-order valence-corrected chi connectivity index (χ2v) is 8.97. The molecular weight excluding hydrogens is 390 g/mol. The third-order valence-corrected chi connectivity index (χ3v) is 6.19. The van der Waals surface area contributed by atoms with Crippen LogP contribution >= 0.6 is 11.3 Å². The van der Waals surface area contributed by atoms with Gasteiger partial charge < -0.3 is 10.8 Å². The van der Waals surface area contributed by atoms with Gasteiger partial charge in [0, 0.05) is 0 Å². The number of thiophene rings is 1. The van der Waals surface area contributed by atoms with Crippen LogP contribution in [-0.2, 0) is 14.8 Å². The van der Waals surface area contributed by atoms with Crippen molar-refractivity contribution < 1.29 is 23.1 Å². The molecule has 0 bridgehead atoms. The number of sulfonamides is 1. The molecule has 0 aliphatic rings. The van der Waals surface area contributed by atoms with E-state index in [1.165, 1.54) is 23.6 Å². The van der Waals surface area contributed by atoms with Gasteiger partial charge in [-0.1, -0.05) is 0 Å². The van der Waals surface area contributed by atoms with Crippen LogP contribution in [0.4, 0.5) is 5.00 Å². The minimum atomic E-state index is -4.54. The summed E-state index contributed by atoms with van der Waals surface area (Å²) in [5.41, 5.74) is 3.65. The number of anilines is 1. The van der Waals surface area contributed by atoms with Gasteiger partial charge >= 0.3 is 0 Å². The van der Waals surface area contributed by atoms with E-state index in [1.807, 2.05) is 6.07 Å². The summed E-state index contributed by atoms with van der Waals surface area (Å²) in [5.74, 6) is -2.08. The van der Waals surface area contributed by atoms with Crippen molar-refractivity contribution >= 4 is 38.2 Å². The molecule has 0 radical (unpaired) electrons. The van der Waals surface area contributed by atoms with Gasteiger partial charge in [0.25, 0.3) is 21.8 Å². The second-order valence-electron chi connectivity index (χ2n) is 6.28. The highest BCUT2D eigenvalue weighted by molar-refractivity contribution is 7.93. The molecule has 8 nitrogen and oxygen atoms in total. The van der Waals surface area contributed by atoms with E-state index in [1.54, 1.807) is 6.92 Å². The number of primary amides is 1. The summed E-state index contributed by atoms with van der Waals surface area (Å²) in [6, 6.07) is 7.04. The Bertz CT molecular complexity index is 1060. The Kier molecular flexibility index (Phi) is 5.42. The molecule has 2 amide bonds. The molecule has 3 N–H and O–H groups in total. The van der Waals surface area contributed by atoms with Crippen molar-refractivity contribution in [1.82, 2.24) is 0 Å². The fraction of sp³-hybridized carbons (Fsp3) is 0.235. The van der Waals surface area contributed by atoms with Gasteiger partial charge in [-0.15, -0.1) is 11.3 Å². The molecular formula is C17H17N3O5S2. The van der Waals surface area contributed by atoms with Crippen LogP contribution in [-0.4, -0.2) is 30.9 Å².